The molecule has 3 heteroatoms. The van der Waals surface area contributed by atoms with E-state index in [4.69, 9.17) is 15.9 Å². The van der Waals surface area contributed by atoms with Crippen LogP contribution in [0.5, 0.6) is 0 Å². The second-order valence-electron chi connectivity index (χ2n) is 2.99. The third kappa shape index (κ3) is 3.14. The van der Waals surface area contributed by atoms with Crippen molar-refractivity contribution in [1.29, 1.82) is 0 Å². The molecule has 0 aliphatic rings. The predicted octanol–water partition coefficient (Wildman–Crippen LogP) is 0.0410. The van der Waals surface area contributed by atoms with Gasteiger partial charge in [-0.15, -0.1) is 0 Å². The number of benzene rings is 1. The van der Waals surface area contributed by atoms with E-state index in [0.717, 1.165) is 17.5 Å². The van der Waals surface area contributed by atoms with Gasteiger partial charge >= 0.3 is 0 Å². The lowest BCUT2D eigenvalue weighted by molar-refractivity contribution is -0.0382. The Hall–Kier alpha value is -0.900. The molecule has 0 heterocycles. The molecular weight excluding hydrogens is 166 g/mol. The normalized spacial score (nSPS) is 10.8. The SMILES string of the molecule is NCCc1ccccc1CC(O)O. The average molecular weight is 181 g/mol. The molecule has 1 rings (SSSR count). The molecule has 0 aromatic heterocycles. The van der Waals surface area contributed by atoms with Gasteiger partial charge in [0.1, 0.15) is 0 Å². The molecule has 0 aliphatic heterocycles. The number of nitrogens with two attached hydrogens (primary N) is 1. The summed E-state index contributed by atoms with van der Waals surface area (Å²) >= 11 is 0. The fourth-order valence-electron chi connectivity index (χ4n) is 1.35. The highest BCUT2D eigenvalue weighted by Gasteiger charge is 2.04. The molecule has 0 bridgehead atoms. The van der Waals surface area contributed by atoms with Crippen molar-refractivity contribution < 1.29 is 10.2 Å². The second kappa shape index (κ2) is 4.97. The molecule has 1 aromatic rings. The summed E-state index contributed by atoms with van der Waals surface area (Å²) < 4.78 is 0. The molecule has 4 N–H and O–H groups in total. The zero-order valence-electron chi connectivity index (χ0n) is 7.48. The standard InChI is InChI=1S/C10H15NO2/c11-6-5-8-3-1-2-4-9(8)7-10(12)13/h1-4,10,12-13H,5-7,11H2. The van der Waals surface area contributed by atoms with Crippen molar-refractivity contribution in [3.63, 3.8) is 0 Å². The Labute approximate surface area is 77.8 Å². The first-order chi connectivity index (χ1) is 6.24. The van der Waals surface area contributed by atoms with Gasteiger partial charge in [-0.2, -0.15) is 0 Å². The second-order valence-corrected chi connectivity index (χ2v) is 2.99. The van der Waals surface area contributed by atoms with Crippen LogP contribution in [0.25, 0.3) is 0 Å². The Bertz CT molecular complexity index is 261. The number of hydrogen-bond donors (Lipinski definition) is 3. The number of aliphatic hydroxyl groups is 2. The van der Waals surface area contributed by atoms with Gasteiger partial charge in [-0.05, 0) is 24.1 Å². The Morgan fingerprint density at radius 1 is 1.15 bits per heavy atom. The summed E-state index contributed by atoms with van der Waals surface area (Å²) in [5, 5.41) is 17.6. The third-order valence-electron chi connectivity index (χ3n) is 1.93. The Balaban J connectivity index is 2.78. The first-order valence-electron chi connectivity index (χ1n) is 4.37. The summed E-state index contributed by atoms with van der Waals surface area (Å²) in [4.78, 5) is 0. The summed E-state index contributed by atoms with van der Waals surface area (Å²) in [5.74, 6) is 0. The highest BCUT2D eigenvalue weighted by Crippen LogP contribution is 2.10. The minimum absolute atomic E-state index is 0.274. The lowest BCUT2D eigenvalue weighted by atomic mass is 10.0. The molecule has 0 radical (unpaired) electrons. The molecule has 1 aromatic carbocycles. The van der Waals surface area contributed by atoms with Crippen LogP contribution >= 0.6 is 0 Å². The van der Waals surface area contributed by atoms with Gasteiger partial charge < -0.3 is 15.9 Å². The van der Waals surface area contributed by atoms with Crippen LogP contribution in [-0.2, 0) is 12.8 Å². The number of aliphatic hydroxyl groups excluding tert-OH is 1. The zero-order chi connectivity index (χ0) is 9.68. The molecule has 0 atom stereocenters. The highest BCUT2D eigenvalue weighted by atomic mass is 16.5. The quantitative estimate of drug-likeness (QED) is 0.575. The molecule has 0 fully saturated rings. The molecule has 0 spiro atoms. The van der Waals surface area contributed by atoms with Crippen LogP contribution in [0.1, 0.15) is 11.1 Å². The maximum Gasteiger partial charge on any atom is 0.155 e. The van der Waals surface area contributed by atoms with Crippen LogP contribution in [0.3, 0.4) is 0 Å². The summed E-state index contributed by atoms with van der Waals surface area (Å²) in [6.07, 6.45) is -0.224. The van der Waals surface area contributed by atoms with E-state index in [1.807, 2.05) is 24.3 Å². The van der Waals surface area contributed by atoms with Crippen LogP contribution in [0, 0.1) is 0 Å². The van der Waals surface area contributed by atoms with E-state index < -0.39 is 6.29 Å². The molecule has 0 unspecified atom stereocenters. The van der Waals surface area contributed by atoms with Gasteiger partial charge in [0, 0.05) is 6.42 Å². The fourth-order valence-corrected chi connectivity index (χ4v) is 1.35. The van der Waals surface area contributed by atoms with Crippen LogP contribution in [-0.4, -0.2) is 23.0 Å². The van der Waals surface area contributed by atoms with Crippen molar-refractivity contribution in [1.82, 2.24) is 0 Å². The van der Waals surface area contributed by atoms with E-state index in [2.05, 4.69) is 0 Å². The zero-order valence-corrected chi connectivity index (χ0v) is 7.48. The van der Waals surface area contributed by atoms with Crippen molar-refractivity contribution >= 4 is 0 Å². The molecule has 13 heavy (non-hydrogen) atoms. The van der Waals surface area contributed by atoms with Gasteiger partial charge in [-0.25, -0.2) is 0 Å². The van der Waals surface area contributed by atoms with E-state index >= 15 is 0 Å². The molecule has 72 valence electrons. The van der Waals surface area contributed by atoms with Gasteiger partial charge in [-0.3, -0.25) is 0 Å². The Morgan fingerprint density at radius 2 is 1.77 bits per heavy atom. The van der Waals surface area contributed by atoms with Crippen LogP contribution in [0.4, 0.5) is 0 Å². The first-order valence-corrected chi connectivity index (χ1v) is 4.37. The van der Waals surface area contributed by atoms with Crippen molar-refractivity contribution in [3.8, 4) is 0 Å². The molecule has 0 saturated heterocycles. The topological polar surface area (TPSA) is 66.5 Å². The lowest BCUT2D eigenvalue weighted by Crippen LogP contribution is -2.12. The summed E-state index contributed by atoms with van der Waals surface area (Å²) in [6, 6.07) is 7.67. The third-order valence-corrected chi connectivity index (χ3v) is 1.93. The van der Waals surface area contributed by atoms with Crippen LogP contribution in [0.15, 0.2) is 24.3 Å². The molecule has 0 saturated carbocycles. The molecule has 0 aliphatic carbocycles. The van der Waals surface area contributed by atoms with Crippen molar-refractivity contribution in [3.05, 3.63) is 35.4 Å². The van der Waals surface area contributed by atoms with Gasteiger partial charge in [0.25, 0.3) is 0 Å². The van der Waals surface area contributed by atoms with Crippen LogP contribution in [0.2, 0.25) is 0 Å². The van der Waals surface area contributed by atoms with Gasteiger partial charge in [0.2, 0.25) is 0 Å². The van der Waals surface area contributed by atoms with Gasteiger partial charge in [0.15, 0.2) is 6.29 Å². The van der Waals surface area contributed by atoms with Crippen LogP contribution < -0.4 is 5.73 Å². The summed E-state index contributed by atoms with van der Waals surface area (Å²) in [7, 11) is 0. The van der Waals surface area contributed by atoms with Gasteiger partial charge in [0.05, 0.1) is 0 Å². The molecule has 0 amide bonds. The van der Waals surface area contributed by atoms with E-state index in [9.17, 15) is 0 Å². The van der Waals surface area contributed by atoms with Crippen molar-refractivity contribution in [2.75, 3.05) is 6.54 Å². The van der Waals surface area contributed by atoms with Gasteiger partial charge in [-0.1, -0.05) is 24.3 Å². The lowest BCUT2D eigenvalue weighted by Gasteiger charge is -2.09. The van der Waals surface area contributed by atoms with E-state index in [-0.39, 0.29) is 6.42 Å². The fraction of sp³-hybridized carbons (Fsp3) is 0.400. The summed E-state index contributed by atoms with van der Waals surface area (Å²) in [5.41, 5.74) is 7.49. The van der Waals surface area contributed by atoms with E-state index in [1.165, 1.54) is 0 Å². The Kier molecular flexibility index (Phi) is 3.89. The van der Waals surface area contributed by atoms with E-state index in [1.54, 1.807) is 0 Å². The van der Waals surface area contributed by atoms with Crippen molar-refractivity contribution in [2.45, 2.75) is 19.1 Å². The number of hydrogen-bond acceptors (Lipinski definition) is 3. The molecule has 3 nitrogen and oxygen atoms in total. The minimum Gasteiger partial charge on any atom is -0.368 e. The monoisotopic (exact) mass is 181 g/mol. The highest BCUT2D eigenvalue weighted by molar-refractivity contribution is 5.27. The average Bonchev–Trinajstić information content (AvgIpc) is 2.08. The first kappa shape index (κ1) is 10.2. The largest absolute Gasteiger partial charge is 0.368 e. The maximum atomic E-state index is 8.82. The smallest absolute Gasteiger partial charge is 0.155 e. The minimum atomic E-state index is -1.28. The van der Waals surface area contributed by atoms with E-state index in [0.29, 0.717) is 6.54 Å². The maximum absolute atomic E-state index is 8.82. The summed E-state index contributed by atoms with van der Waals surface area (Å²) in [6.45, 7) is 0.582. The molecular formula is C10H15NO2. The Morgan fingerprint density at radius 3 is 2.31 bits per heavy atom. The van der Waals surface area contributed by atoms with Crippen molar-refractivity contribution in [2.24, 2.45) is 5.73 Å². The number of rotatable bonds is 4. The predicted molar refractivity (Wildman–Crippen MR) is 51.1 cm³/mol.